The second-order valence-electron chi connectivity index (χ2n) is 3.88. The van der Waals surface area contributed by atoms with Crippen LogP contribution in [0.2, 0.25) is 0 Å². The first-order valence-electron chi connectivity index (χ1n) is 4.66. The topological polar surface area (TPSA) is 0 Å². The molecule has 0 saturated carbocycles. The molecule has 0 amide bonds. The number of rotatable bonds is 4. The van der Waals surface area contributed by atoms with Crippen LogP contribution in [-0.2, 0) is 0 Å². The Morgan fingerprint density at radius 1 is 1.27 bits per heavy atom. The molecule has 0 aromatic heterocycles. The zero-order chi connectivity index (χ0) is 9.02. The van der Waals surface area contributed by atoms with E-state index in [0.29, 0.717) is 5.92 Å². The Kier molecular flexibility index (Phi) is 4.48. The summed E-state index contributed by atoms with van der Waals surface area (Å²) in [6.45, 7) is 15.3. The van der Waals surface area contributed by atoms with Crippen molar-refractivity contribution >= 4 is 0 Å². The Labute approximate surface area is 71.7 Å². The average molecular weight is 154 g/mol. The van der Waals surface area contributed by atoms with Gasteiger partial charge in [0.25, 0.3) is 0 Å². The van der Waals surface area contributed by atoms with Crippen LogP contribution in [0.3, 0.4) is 0 Å². The smallest absolute Gasteiger partial charge is 0.0209 e. The first-order chi connectivity index (χ1) is 5.00. The molecule has 0 aromatic carbocycles. The molecule has 0 radical (unpaired) electrons. The van der Waals surface area contributed by atoms with E-state index in [2.05, 4.69) is 41.2 Å². The maximum Gasteiger partial charge on any atom is -0.0209 e. The Hall–Kier alpha value is -0.260. The summed E-state index contributed by atoms with van der Waals surface area (Å²) in [5.41, 5.74) is 1.32. The van der Waals surface area contributed by atoms with Gasteiger partial charge in [-0.1, -0.05) is 46.3 Å². The van der Waals surface area contributed by atoms with Gasteiger partial charge in [-0.2, -0.15) is 0 Å². The highest BCUT2D eigenvalue weighted by atomic mass is 14.2. The highest BCUT2D eigenvalue weighted by molar-refractivity contribution is 4.96. The van der Waals surface area contributed by atoms with Gasteiger partial charge in [0.1, 0.15) is 0 Å². The van der Waals surface area contributed by atoms with E-state index in [1.54, 1.807) is 0 Å². The molecule has 66 valence electrons. The fraction of sp³-hybridized carbons (Fsp3) is 0.818. The quantitative estimate of drug-likeness (QED) is 0.539. The Balaban J connectivity index is 4.00. The van der Waals surface area contributed by atoms with Gasteiger partial charge in [0.2, 0.25) is 0 Å². The van der Waals surface area contributed by atoms with Gasteiger partial charge in [0.15, 0.2) is 0 Å². The van der Waals surface area contributed by atoms with Crippen molar-refractivity contribution in [3.63, 3.8) is 0 Å². The van der Waals surface area contributed by atoms with Crippen LogP contribution in [0, 0.1) is 17.8 Å². The van der Waals surface area contributed by atoms with Gasteiger partial charge in [-0.15, -0.1) is 0 Å². The minimum Gasteiger partial charge on any atom is -0.0999 e. The van der Waals surface area contributed by atoms with E-state index in [4.69, 9.17) is 0 Å². The lowest BCUT2D eigenvalue weighted by molar-refractivity contribution is 0.302. The monoisotopic (exact) mass is 154 g/mol. The number of hydrogen-bond acceptors (Lipinski definition) is 0. The molecule has 0 heterocycles. The number of allylic oxidation sites excluding steroid dienone is 1. The van der Waals surface area contributed by atoms with Crippen molar-refractivity contribution in [1.29, 1.82) is 0 Å². The lowest BCUT2D eigenvalue weighted by atomic mass is 9.81. The van der Waals surface area contributed by atoms with Crippen LogP contribution in [0.15, 0.2) is 12.2 Å². The van der Waals surface area contributed by atoms with E-state index in [1.807, 2.05) is 0 Å². The Morgan fingerprint density at radius 3 is 2.00 bits per heavy atom. The van der Waals surface area contributed by atoms with Crippen LogP contribution in [-0.4, -0.2) is 0 Å². The molecule has 0 rings (SSSR count). The van der Waals surface area contributed by atoms with Crippen LogP contribution < -0.4 is 0 Å². The summed E-state index contributed by atoms with van der Waals surface area (Å²) in [6.07, 6.45) is 1.28. The van der Waals surface area contributed by atoms with E-state index >= 15 is 0 Å². The van der Waals surface area contributed by atoms with Gasteiger partial charge in [0, 0.05) is 0 Å². The van der Waals surface area contributed by atoms with Gasteiger partial charge < -0.3 is 0 Å². The summed E-state index contributed by atoms with van der Waals surface area (Å²) in [5.74, 6) is 2.27. The maximum atomic E-state index is 3.99. The Bertz CT molecular complexity index is 124. The first-order valence-corrected chi connectivity index (χ1v) is 4.66. The van der Waals surface area contributed by atoms with Crippen LogP contribution in [0.5, 0.6) is 0 Å². The van der Waals surface area contributed by atoms with Crippen LogP contribution in [0.1, 0.15) is 41.0 Å². The molecule has 3 atom stereocenters. The molecule has 2 unspecified atom stereocenters. The van der Waals surface area contributed by atoms with Crippen molar-refractivity contribution in [1.82, 2.24) is 0 Å². The molecule has 0 heteroatoms. The highest BCUT2D eigenvalue weighted by Gasteiger charge is 2.17. The van der Waals surface area contributed by atoms with Gasteiger partial charge in [0.05, 0.1) is 0 Å². The summed E-state index contributed by atoms with van der Waals surface area (Å²) in [4.78, 5) is 0. The normalized spacial score (nSPS) is 19.0. The Morgan fingerprint density at radius 2 is 1.73 bits per heavy atom. The molecule has 0 spiro atoms. The molecule has 0 aliphatic rings. The van der Waals surface area contributed by atoms with Crippen LogP contribution >= 0.6 is 0 Å². The second kappa shape index (κ2) is 4.58. The van der Waals surface area contributed by atoms with E-state index in [1.165, 1.54) is 12.0 Å². The third-order valence-electron chi connectivity index (χ3n) is 3.11. The summed E-state index contributed by atoms with van der Waals surface area (Å²) in [5, 5.41) is 0. The molecule has 0 aliphatic heterocycles. The molecule has 0 N–H and O–H groups in total. The van der Waals surface area contributed by atoms with Gasteiger partial charge in [-0.3, -0.25) is 0 Å². The lowest BCUT2D eigenvalue weighted by Gasteiger charge is -2.25. The predicted octanol–water partition coefficient (Wildman–Crippen LogP) is 3.88. The van der Waals surface area contributed by atoms with Gasteiger partial charge in [-0.25, -0.2) is 0 Å². The van der Waals surface area contributed by atoms with E-state index in [9.17, 15) is 0 Å². The largest absolute Gasteiger partial charge is 0.0999 e. The molecular formula is C11H22. The molecular weight excluding hydrogens is 132 g/mol. The molecule has 0 nitrogen and oxygen atoms in total. The molecule has 11 heavy (non-hydrogen) atoms. The van der Waals surface area contributed by atoms with Crippen molar-refractivity contribution in [3.8, 4) is 0 Å². The van der Waals surface area contributed by atoms with Crippen LogP contribution in [0.4, 0.5) is 0 Å². The summed E-state index contributed by atoms with van der Waals surface area (Å²) in [7, 11) is 0. The average Bonchev–Trinajstić information content (AvgIpc) is 2.00. The molecule has 0 bridgehead atoms. The summed E-state index contributed by atoms with van der Waals surface area (Å²) in [6, 6.07) is 0. The van der Waals surface area contributed by atoms with Gasteiger partial charge in [-0.05, 0) is 24.7 Å². The standard InChI is InChI=1S/C11H22/c1-7-9(4)11(6)10(5)8(2)3/h9-11H,2,7H2,1,3-6H3/t9-,10?,11?/m0/s1. The van der Waals surface area contributed by atoms with E-state index in [0.717, 1.165) is 11.8 Å². The highest BCUT2D eigenvalue weighted by Crippen LogP contribution is 2.26. The second-order valence-corrected chi connectivity index (χ2v) is 3.88. The van der Waals surface area contributed by atoms with Gasteiger partial charge >= 0.3 is 0 Å². The zero-order valence-electron chi connectivity index (χ0n) is 8.65. The lowest BCUT2D eigenvalue weighted by Crippen LogP contribution is -2.16. The third kappa shape index (κ3) is 3.09. The van der Waals surface area contributed by atoms with E-state index in [-0.39, 0.29) is 0 Å². The number of hydrogen-bond donors (Lipinski definition) is 0. The summed E-state index contributed by atoms with van der Waals surface area (Å²) >= 11 is 0. The van der Waals surface area contributed by atoms with Crippen molar-refractivity contribution in [3.05, 3.63) is 12.2 Å². The fourth-order valence-corrected chi connectivity index (χ4v) is 1.31. The molecule has 0 aromatic rings. The SMILES string of the molecule is C=C(C)C(C)C(C)[C@@H](C)CC. The maximum absolute atomic E-state index is 3.99. The minimum atomic E-state index is 0.671. The molecule has 0 fully saturated rings. The van der Waals surface area contributed by atoms with Crippen molar-refractivity contribution in [2.75, 3.05) is 0 Å². The zero-order valence-corrected chi connectivity index (χ0v) is 8.65. The molecule has 0 aliphatic carbocycles. The molecule has 0 saturated heterocycles. The third-order valence-corrected chi connectivity index (χ3v) is 3.11. The first kappa shape index (κ1) is 10.7. The fourth-order valence-electron chi connectivity index (χ4n) is 1.31. The van der Waals surface area contributed by atoms with Crippen molar-refractivity contribution < 1.29 is 0 Å². The van der Waals surface area contributed by atoms with Crippen molar-refractivity contribution in [2.24, 2.45) is 17.8 Å². The van der Waals surface area contributed by atoms with E-state index < -0.39 is 0 Å². The predicted molar refractivity (Wildman–Crippen MR) is 52.6 cm³/mol. The summed E-state index contributed by atoms with van der Waals surface area (Å²) < 4.78 is 0. The van der Waals surface area contributed by atoms with Crippen LogP contribution in [0.25, 0.3) is 0 Å². The minimum absolute atomic E-state index is 0.671. The van der Waals surface area contributed by atoms with Crippen molar-refractivity contribution in [2.45, 2.75) is 41.0 Å².